The molecule has 6 rings (SSSR count). The number of halogens is 2. The first kappa shape index (κ1) is 37.6. The third-order valence-corrected chi connectivity index (χ3v) is 9.34. The summed E-state index contributed by atoms with van der Waals surface area (Å²) in [5.74, 6) is -1.54. The van der Waals surface area contributed by atoms with Gasteiger partial charge in [0.05, 0.1) is 30.0 Å². The van der Waals surface area contributed by atoms with E-state index >= 15 is 4.39 Å². The van der Waals surface area contributed by atoms with Crippen LogP contribution in [-0.2, 0) is 11.2 Å². The first-order valence-corrected chi connectivity index (χ1v) is 17.7. The molecule has 0 saturated carbocycles. The normalized spacial score (nSPS) is 13.6. The summed E-state index contributed by atoms with van der Waals surface area (Å²) in [5.41, 5.74) is 7.49. The molecule has 5 aromatic rings. The average molecular weight is 734 g/mol. The summed E-state index contributed by atoms with van der Waals surface area (Å²) in [6.07, 6.45) is 7.38. The summed E-state index contributed by atoms with van der Waals surface area (Å²) >= 11 is 0. The topological polar surface area (TPSA) is 130 Å². The number of carbonyl (C=O) groups is 2. The summed E-state index contributed by atoms with van der Waals surface area (Å²) in [4.78, 5) is 49.5. The SMILES string of the molecule is [C-]#[N+]c1c(-c2ccc(F)cc2)c(=O)c(C(=O)Cc2ccc(-c3cc(-c4cnn(C5CCN(C(=O)OC(C)(C)C)CC5)c4)cnc3N)c(F)c2)cn1C(C)C. The predicted octanol–water partition coefficient (Wildman–Crippen LogP) is 8.43. The maximum Gasteiger partial charge on any atom is 0.410 e. The highest BCUT2D eigenvalue weighted by molar-refractivity contribution is 5.99. The number of ketones is 1. The summed E-state index contributed by atoms with van der Waals surface area (Å²) in [6.45, 7) is 18.0. The maximum absolute atomic E-state index is 15.8. The zero-order valence-corrected chi connectivity index (χ0v) is 30.8. The van der Waals surface area contributed by atoms with Crippen LogP contribution in [0.5, 0.6) is 0 Å². The number of nitrogens with two attached hydrogens (primary N) is 1. The lowest BCUT2D eigenvalue weighted by molar-refractivity contribution is 0.0184. The third-order valence-electron chi connectivity index (χ3n) is 9.34. The zero-order valence-electron chi connectivity index (χ0n) is 30.8. The molecule has 2 aromatic carbocycles. The molecule has 0 unspecified atom stereocenters. The van der Waals surface area contributed by atoms with E-state index in [2.05, 4.69) is 14.9 Å². The number of benzene rings is 2. The predicted molar refractivity (Wildman–Crippen MR) is 202 cm³/mol. The minimum absolute atomic E-state index is 0.00283. The fourth-order valence-electron chi connectivity index (χ4n) is 6.55. The number of carbonyl (C=O) groups excluding carboxylic acids is 2. The van der Waals surface area contributed by atoms with E-state index in [1.54, 1.807) is 34.0 Å². The molecule has 0 atom stereocenters. The number of hydrogen-bond donors (Lipinski definition) is 1. The summed E-state index contributed by atoms with van der Waals surface area (Å²) < 4.78 is 38.4. The van der Waals surface area contributed by atoms with Crippen LogP contribution in [0.2, 0.25) is 0 Å². The largest absolute Gasteiger partial charge is 0.444 e. The molecule has 1 fully saturated rings. The van der Waals surface area contributed by atoms with Crippen molar-refractivity contribution in [2.45, 2.75) is 71.6 Å². The Balaban J connectivity index is 1.21. The van der Waals surface area contributed by atoms with Crippen LogP contribution in [0.3, 0.4) is 0 Å². The molecule has 1 amide bonds. The van der Waals surface area contributed by atoms with Crippen molar-refractivity contribution in [2.24, 2.45) is 0 Å². The second kappa shape index (κ2) is 15.1. The zero-order chi connectivity index (χ0) is 38.9. The van der Waals surface area contributed by atoms with Crippen molar-refractivity contribution in [3.05, 3.63) is 118 Å². The van der Waals surface area contributed by atoms with Crippen molar-refractivity contribution < 1.29 is 23.1 Å². The van der Waals surface area contributed by atoms with Crippen LogP contribution in [0, 0.1) is 18.2 Å². The quantitative estimate of drug-likeness (QED) is 0.125. The highest BCUT2D eigenvalue weighted by Crippen LogP contribution is 2.34. The smallest absolute Gasteiger partial charge is 0.410 e. The molecule has 2 N–H and O–H groups in total. The number of piperidine rings is 1. The number of amides is 1. The third kappa shape index (κ3) is 7.93. The summed E-state index contributed by atoms with van der Waals surface area (Å²) in [7, 11) is 0. The van der Waals surface area contributed by atoms with E-state index in [-0.39, 0.29) is 52.9 Å². The van der Waals surface area contributed by atoms with Crippen molar-refractivity contribution >= 4 is 23.5 Å². The van der Waals surface area contributed by atoms with Gasteiger partial charge >= 0.3 is 6.09 Å². The Morgan fingerprint density at radius 1 is 0.981 bits per heavy atom. The van der Waals surface area contributed by atoms with E-state index in [0.29, 0.717) is 48.2 Å². The first-order valence-electron chi connectivity index (χ1n) is 17.7. The Kier molecular flexibility index (Phi) is 10.5. The van der Waals surface area contributed by atoms with Crippen molar-refractivity contribution in [3.63, 3.8) is 0 Å². The van der Waals surface area contributed by atoms with Crippen molar-refractivity contribution in [2.75, 3.05) is 18.8 Å². The van der Waals surface area contributed by atoms with Crippen LogP contribution in [-0.4, -0.2) is 54.8 Å². The van der Waals surface area contributed by atoms with Gasteiger partial charge in [-0.2, -0.15) is 5.10 Å². The average Bonchev–Trinajstić information content (AvgIpc) is 3.62. The molecule has 4 heterocycles. The standard InChI is InChI=1S/C41H41F2N7O4/c1-24(2)49-23-33(37(52)36(39(49)45-6)26-8-10-29(42)11-9-26)35(51)18-25-7-12-31(34(43)17-25)32-19-27(20-46-38(32)44)28-21-47-50(22-28)30-13-15-48(16-14-30)40(53)54-41(3,4)5/h7-12,17,19-24,30H,13-16,18H2,1-5H3,(H2,44,46). The number of aromatic nitrogens is 4. The lowest BCUT2D eigenvalue weighted by Gasteiger charge is -2.33. The van der Waals surface area contributed by atoms with E-state index in [0.717, 1.165) is 5.56 Å². The Morgan fingerprint density at radius 3 is 2.31 bits per heavy atom. The highest BCUT2D eigenvalue weighted by atomic mass is 19.1. The van der Waals surface area contributed by atoms with Gasteiger partial charge in [-0.3, -0.25) is 18.8 Å². The molecular weight excluding hydrogens is 692 g/mol. The van der Waals surface area contributed by atoms with Gasteiger partial charge < -0.3 is 20.2 Å². The molecule has 3 aromatic heterocycles. The summed E-state index contributed by atoms with van der Waals surface area (Å²) in [6, 6.07) is 11.1. The lowest BCUT2D eigenvalue weighted by atomic mass is 9.96. The number of hydrogen-bond acceptors (Lipinski definition) is 7. The molecule has 54 heavy (non-hydrogen) atoms. The number of anilines is 1. The monoisotopic (exact) mass is 733 g/mol. The Labute approximate surface area is 311 Å². The Hall–Kier alpha value is -6.16. The summed E-state index contributed by atoms with van der Waals surface area (Å²) in [5, 5.41) is 4.57. The molecule has 1 saturated heterocycles. The molecule has 13 heteroatoms. The number of likely N-dealkylation sites (tertiary alicyclic amines) is 1. The molecule has 278 valence electrons. The van der Waals surface area contributed by atoms with E-state index in [9.17, 15) is 18.8 Å². The van der Waals surface area contributed by atoms with Gasteiger partial charge in [-0.25, -0.2) is 18.6 Å². The van der Waals surface area contributed by atoms with Crippen LogP contribution >= 0.6 is 0 Å². The lowest BCUT2D eigenvalue weighted by Crippen LogP contribution is -2.42. The van der Waals surface area contributed by atoms with Gasteiger partial charge in [0.25, 0.3) is 0 Å². The van der Waals surface area contributed by atoms with Crippen LogP contribution < -0.4 is 11.2 Å². The second-order valence-electron chi connectivity index (χ2n) is 14.7. The van der Waals surface area contributed by atoms with Gasteiger partial charge in [-0.05, 0) is 82.9 Å². The van der Waals surface area contributed by atoms with E-state index in [1.165, 1.54) is 42.6 Å². The number of rotatable bonds is 8. The van der Waals surface area contributed by atoms with Crippen LogP contribution in [0.25, 0.3) is 38.2 Å². The number of nitrogen functional groups attached to an aromatic ring is 1. The fraction of sp³-hybridized carbons (Fsp3) is 0.317. The van der Waals surface area contributed by atoms with Crippen molar-refractivity contribution in [1.82, 2.24) is 24.2 Å². The first-order chi connectivity index (χ1) is 25.6. The van der Waals surface area contributed by atoms with Gasteiger partial charge in [-0.1, -0.05) is 30.8 Å². The van der Waals surface area contributed by atoms with Crippen molar-refractivity contribution in [3.8, 4) is 33.4 Å². The maximum atomic E-state index is 15.8. The van der Waals surface area contributed by atoms with Crippen LogP contribution in [0.1, 0.15) is 75.5 Å². The van der Waals surface area contributed by atoms with Crippen molar-refractivity contribution in [1.29, 1.82) is 0 Å². The Bertz CT molecular complexity index is 2330. The number of ether oxygens (including phenoxy) is 1. The van der Waals surface area contributed by atoms with Gasteiger partial charge in [0.15, 0.2) is 11.2 Å². The second-order valence-corrected chi connectivity index (χ2v) is 14.7. The van der Waals surface area contributed by atoms with Crippen LogP contribution in [0.4, 0.5) is 25.2 Å². The van der Waals surface area contributed by atoms with Gasteiger partial charge in [0.2, 0.25) is 5.82 Å². The highest BCUT2D eigenvalue weighted by Gasteiger charge is 2.28. The number of pyridine rings is 2. The Morgan fingerprint density at radius 2 is 1.69 bits per heavy atom. The molecule has 11 nitrogen and oxygen atoms in total. The molecular formula is C41H41F2N7O4. The minimum Gasteiger partial charge on any atom is -0.444 e. The molecule has 1 aliphatic rings. The molecule has 0 spiro atoms. The number of nitrogens with zero attached hydrogens (tertiary/aromatic N) is 6. The molecule has 0 radical (unpaired) electrons. The molecule has 1 aliphatic heterocycles. The van der Waals surface area contributed by atoms with E-state index in [1.807, 2.05) is 45.5 Å². The molecule has 0 bridgehead atoms. The van der Waals surface area contributed by atoms with Gasteiger partial charge in [-0.15, -0.1) is 0 Å². The van der Waals surface area contributed by atoms with Crippen LogP contribution in [0.15, 0.2) is 78.1 Å². The van der Waals surface area contributed by atoms with Gasteiger partial charge in [0, 0.05) is 54.2 Å². The van der Waals surface area contributed by atoms with E-state index in [4.69, 9.17) is 17.0 Å². The number of Topliss-reactive ketones (excluding diaryl/α,β-unsaturated/α-hetero) is 1. The molecule has 0 aliphatic carbocycles. The fourth-order valence-corrected chi connectivity index (χ4v) is 6.55. The minimum atomic E-state index is -0.656. The van der Waals surface area contributed by atoms with E-state index < -0.39 is 28.4 Å². The van der Waals surface area contributed by atoms with Gasteiger partial charge in [0.1, 0.15) is 28.6 Å².